The smallest absolute Gasteiger partial charge is 0.256 e. The summed E-state index contributed by atoms with van der Waals surface area (Å²) in [5.74, 6) is 0.456. The molecule has 1 unspecified atom stereocenters. The first-order valence-corrected chi connectivity index (χ1v) is 9.35. The first-order valence-electron chi connectivity index (χ1n) is 9.35. The fourth-order valence-electron chi connectivity index (χ4n) is 3.51. The zero-order valence-electron chi connectivity index (χ0n) is 16.2. The van der Waals surface area contributed by atoms with Gasteiger partial charge in [0.1, 0.15) is 11.9 Å². The molecule has 0 aliphatic carbocycles. The normalized spacial score (nSPS) is 22.9. The van der Waals surface area contributed by atoms with Crippen LogP contribution in [0.5, 0.6) is 0 Å². The van der Waals surface area contributed by atoms with Gasteiger partial charge >= 0.3 is 0 Å². The highest BCUT2D eigenvalue weighted by Gasteiger charge is 2.34. The van der Waals surface area contributed by atoms with Gasteiger partial charge in [0.05, 0.1) is 33.2 Å². The van der Waals surface area contributed by atoms with Gasteiger partial charge in [0.25, 0.3) is 5.91 Å². The summed E-state index contributed by atoms with van der Waals surface area (Å²) in [4.78, 5) is 19.2. The number of hydrogen-bond acceptors (Lipinski definition) is 3. The second-order valence-corrected chi connectivity index (χ2v) is 7.48. The van der Waals surface area contributed by atoms with E-state index in [-0.39, 0.29) is 5.91 Å². The predicted octanol–water partition coefficient (Wildman–Crippen LogP) is 3.32. The minimum absolute atomic E-state index is 0.128. The molecule has 26 heavy (non-hydrogen) atoms. The number of carbonyl (C=O) groups is 1. The lowest BCUT2D eigenvalue weighted by atomic mass is 10.1. The number of anilines is 2. The van der Waals surface area contributed by atoms with Crippen LogP contribution in [-0.2, 0) is 0 Å². The Morgan fingerprint density at radius 2 is 2.00 bits per heavy atom. The Labute approximate surface area is 156 Å². The van der Waals surface area contributed by atoms with Crippen LogP contribution < -0.4 is 10.2 Å². The summed E-state index contributed by atoms with van der Waals surface area (Å²) >= 11 is 0. The van der Waals surface area contributed by atoms with Crippen LogP contribution in [0.3, 0.4) is 0 Å². The largest absolute Gasteiger partial charge is 0.360 e. The lowest BCUT2D eigenvalue weighted by Crippen LogP contribution is -2.62. The van der Waals surface area contributed by atoms with E-state index in [1.54, 1.807) is 6.07 Å². The molecule has 1 amide bonds. The van der Waals surface area contributed by atoms with Crippen molar-refractivity contribution in [1.82, 2.24) is 4.98 Å². The summed E-state index contributed by atoms with van der Waals surface area (Å²) < 4.78 is 1.13. The molecular weight excluding hydrogens is 324 g/mol. The Morgan fingerprint density at radius 1 is 1.27 bits per heavy atom. The van der Waals surface area contributed by atoms with Crippen molar-refractivity contribution in [2.75, 3.05) is 43.4 Å². The molecule has 138 valence electrons. The van der Waals surface area contributed by atoms with Gasteiger partial charge in [-0.1, -0.05) is 6.07 Å². The first-order chi connectivity index (χ1) is 12.4. The number of nitrogens with one attached hydrogen (secondary N) is 1. The highest BCUT2D eigenvalue weighted by molar-refractivity contribution is 6.03. The molecule has 0 bridgehead atoms. The van der Waals surface area contributed by atoms with Crippen LogP contribution in [0.1, 0.15) is 29.9 Å². The third-order valence-corrected chi connectivity index (χ3v) is 5.78. The molecule has 1 aliphatic heterocycles. The van der Waals surface area contributed by atoms with Gasteiger partial charge in [-0.15, -0.1) is 0 Å². The highest BCUT2D eigenvalue weighted by atomic mass is 16.1. The Morgan fingerprint density at radius 3 is 2.62 bits per heavy atom. The van der Waals surface area contributed by atoms with Gasteiger partial charge in [0.15, 0.2) is 0 Å². The van der Waals surface area contributed by atoms with Crippen molar-refractivity contribution < 1.29 is 9.28 Å². The summed E-state index contributed by atoms with van der Waals surface area (Å²) in [5, 5.41) is 2.86. The average molecular weight is 353 g/mol. The molecule has 1 aromatic carbocycles. The number of quaternary nitrogens is 1. The van der Waals surface area contributed by atoms with E-state index in [9.17, 15) is 4.79 Å². The van der Waals surface area contributed by atoms with E-state index in [1.165, 1.54) is 12.2 Å². The lowest BCUT2D eigenvalue weighted by Gasteiger charge is -2.47. The molecule has 2 heterocycles. The SMILES string of the molecule is CC[N+]1(C)CCN(c2ccc(C(=O)Nc3cccc(C)n3)cc2)C[C@H]1C. The molecule has 1 N–H and O–H groups in total. The molecule has 1 fully saturated rings. The summed E-state index contributed by atoms with van der Waals surface area (Å²) in [7, 11) is 2.34. The molecule has 0 saturated carbocycles. The zero-order chi connectivity index (χ0) is 18.7. The molecule has 1 aliphatic rings. The summed E-state index contributed by atoms with van der Waals surface area (Å²) in [6.07, 6.45) is 0. The van der Waals surface area contributed by atoms with Gasteiger partial charge in [0.2, 0.25) is 0 Å². The maximum Gasteiger partial charge on any atom is 0.256 e. The van der Waals surface area contributed by atoms with Crippen molar-refractivity contribution in [1.29, 1.82) is 0 Å². The van der Waals surface area contributed by atoms with Crippen molar-refractivity contribution in [3.63, 3.8) is 0 Å². The number of carbonyl (C=O) groups excluding carboxylic acids is 1. The van der Waals surface area contributed by atoms with E-state index in [2.05, 4.69) is 36.1 Å². The maximum absolute atomic E-state index is 12.4. The van der Waals surface area contributed by atoms with Gasteiger partial charge in [-0.05, 0) is 57.2 Å². The first kappa shape index (κ1) is 18.4. The van der Waals surface area contributed by atoms with Crippen molar-refractivity contribution in [2.45, 2.75) is 26.8 Å². The van der Waals surface area contributed by atoms with Crippen LogP contribution in [0, 0.1) is 6.92 Å². The summed E-state index contributed by atoms with van der Waals surface area (Å²) in [5.41, 5.74) is 2.72. The molecule has 1 aromatic heterocycles. The Balaban J connectivity index is 1.66. The van der Waals surface area contributed by atoms with Crippen LogP contribution in [0.4, 0.5) is 11.5 Å². The van der Waals surface area contributed by atoms with Gasteiger partial charge in [-0.25, -0.2) is 4.98 Å². The molecule has 2 atom stereocenters. The predicted molar refractivity (Wildman–Crippen MR) is 107 cm³/mol. The van der Waals surface area contributed by atoms with Crippen LogP contribution in [-0.4, -0.2) is 54.6 Å². The third-order valence-electron chi connectivity index (χ3n) is 5.78. The Kier molecular flexibility index (Phi) is 5.28. The number of nitrogens with zero attached hydrogens (tertiary/aromatic N) is 3. The molecule has 5 heteroatoms. The zero-order valence-corrected chi connectivity index (χ0v) is 16.2. The number of likely N-dealkylation sites (N-methyl/N-ethyl adjacent to an activating group) is 1. The standard InChI is InChI=1S/C21H28N4O/c1-5-25(4)14-13-24(15-17(25)3)19-11-9-18(10-12-19)21(26)23-20-8-6-7-16(2)22-20/h6-12,17H,5,13-15H2,1-4H3/p+1/t17-,25?/m1/s1. The van der Waals surface area contributed by atoms with E-state index in [4.69, 9.17) is 0 Å². The average Bonchev–Trinajstić information content (AvgIpc) is 2.64. The van der Waals surface area contributed by atoms with Crippen molar-refractivity contribution >= 4 is 17.4 Å². The van der Waals surface area contributed by atoms with E-state index >= 15 is 0 Å². The van der Waals surface area contributed by atoms with Crippen LogP contribution in [0.25, 0.3) is 0 Å². The number of benzene rings is 1. The molecule has 3 rings (SSSR count). The van der Waals surface area contributed by atoms with Crippen molar-refractivity contribution in [3.8, 4) is 0 Å². The molecular formula is C21H29N4O+. The number of piperazine rings is 1. The fourth-order valence-corrected chi connectivity index (χ4v) is 3.51. The number of amides is 1. The summed E-state index contributed by atoms with van der Waals surface area (Å²) in [6.45, 7) is 10.9. The lowest BCUT2D eigenvalue weighted by molar-refractivity contribution is -0.930. The van der Waals surface area contributed by atoms with Crippen molar-refractivity contribution in [3.05, 3.63) is 53.7 Å². The minimum atomic E-state index is -0.128. The van der Waals surface area contributed by atoms with Crippen LogP contribution in [0.15, 0.2) is 42.5 Å². The quantitative estimate of drug-likeness (QED) is 0.858. The molecule has 1 saturated heterocycles. The highest BCUT2D eigenvalue weighted by Crippen LogP contribution is 2.23. The second-order valence-electron chi connectivity index (χ2n) is 7.48. The molecule has 5 nitrogen and oxygen atoms in total. The van der Waals surface area contributed by atoms with Gasteiger partial charge < -0.3 is 14.7 Å². The van der Waals surface area contributed by atoms with E-state index < -0.39 is 0 Å². The number of hydrogen-bond donors (Lipinski definition) is 1. The number of rotatable bonds is 4. The topological polar surface area (TPSA) is 45.2 Å². The number of pyridine rings is 1. The van der Waals surface area contributed by atoms with E-state index in [0.717, 1.165) is 29.8 Å². The van der Waals surface area contributed by atoms with Crippen LogP contribution >= 0.6 is 0 Å². The van der Waals surface area contributed by atoms with Gasteiger partial charge in [0, 0.05) is 16.9 Å². The number of aromatic nitrogens is 1. The number of aryl methyl sites for hydroxylation is 1. The second kappa shape index (κ2) is 7.46. The van der Waals surface area contributed by atoms with E-state index in [1.807, 2.05) is 43.3 Å². The Bertz CT molecular complexity index is 774. The van der Waals surface area contributed by atoms with E-state index in [0.29, 0.717) is 17.4 Å². The van der Waals surface area contributed by atoms with Crippen LogP contribution in [0.2, 0.25) is 0 Å². The van der Waals surface area contributed by atoms with Gasteiger partial charge in [-0.2, -0.15) is 0 Å². The Hall–Kier alpha value is -2.40. The molecule has 2 aromatic rings. The monoisotopic (exact) mass is 353 g/mol. The minimum Gasteiger partial charge on any atom is -0.360 e. The van der Waals surface area contributed by atoms with Gasteiger partial charge in [-0.3, -0.25) is 4.79 Å². The third kappa shape index (κ3) is 3.88. The fraction of sp³-hybridized carbons (Fsp3) is 0.429. The van der Waals surface area contributed by atoms with Crippen molar-refractivity contribution in [2.24, 2.45) is 0 Å². The molecule has 0 spiro atoms. The maximum atomic E-state index is 12.4. The molecule has 0 radical (unpaired) electrons. The summed E-state index contributed by atoms with van der Waals surface area (Å²) in [6, 6.07) is 14.1.